The molecule has 4 aromatic carbocycles. The topological polar surface area (TPSA) is 105 Å². The number of nitrogens with one attached hydrogen (secondary N) is 1. The number of fused-ring (bicyclic) bond motifs is 1. The summed E-state index contributed by atoms with van der Waals surface area (Å²) in [5, 5.41) is 13.8. The molecule has 0 aliphatic heterocycles. The summed E-state index contributed by atoms with van der Waals surface area (Å²) in [6.07, 6.45) is 1.39. The number of hydrogen-bond donors (Lipinski definition) is 1. The van der Waals surface area contributed by atoms with Crippen molar-refractivity contribution in [3.8, 4) is 11.8 Å². The molecule has 7 nitrogen and oxygen atoms in total. The van der Waals surface area contributed by atoms with E-state index < -0.39 is 17.8 Å². The van der Waals surface area contributed by atoms with E-state index in [1.807, 2.05) is 36.4 Å². The third kappa shape index (κ3) is 5.74. The predicted molar refractivity (Wildman–Crippen MR) is 143 cm³/mol. The standard InChI is InChI=1S/C29H19BrN2O5/c1-36-28(34)23-10-4-5-12-25(23)32-27(33)20(17-31)15-18-13-14-26(24(30)16-18)37-29(35)22-11-6-8-19-7-2-3-9-21(19)22/h2-16H,1H3,(H,32,33)/b20-15-. The van der Waals surface area contributed by atoms with Crippen LogP contribution in [0.25, 0.3) is 16.8 Å². The van der Waals surface area contributed by atoms with Crippen LogP contribution >= 0.6 is 15.9 Å². The van der Waals surface area contributed by atoms with Crippen LogP contribution in [0.15, 0.2) is 95.0 Å². The Labute approximate surface area is 221 Å². The van der Waals surface area contributed by atoms with Crippen molar-refractivity contribution in [2.45, 2.75) is 0 Å². The highest BCUT2D eigenvalue weighted by Crippen LogP contribution is 2.29. The number of nitrogens with zero attached hydrogens (tertiary/aromatic N) is 1. The number of para-hydroxylation sites is 1. The molecule has 182 valence electrons. The molecular weight excluding hydrogens is 536 g/mol. The number of amides is 1. The summed E-state index contributed by atoms with van der Waals surface area (Å²) >= 11 is 3.39. The summed E-state index contributed by atoms with van der Waals surface area (Å²) in [6.45, 7) is 0. The van der Waals surface area contributed by atoms with Crippen molar-refractivity contribution in [3.63, 3.8) is 0 Å². The van der Waals surface area contributed by atoms with Crippen molar-refractivity contribution in [1.29, 1.82) is 5.26 Å². The fourth-order valence-electron chi connectivity index (χ4n) is 3.63. The molecule has 0 saturated carbocycles. The zero-order chi connectivity index (χ0) is 26.4. The molecule has 0 spiro atoms. The van der Waals surface area contributed by atoms with Crippen LogP contribution < -0.4 is 10.1 Å². The fraction of sp³-hybridized carbons (Fsp3) is 0.0345. The Morgan fingerprint density at radius 3 is 2.35 bits per heavy atom. The lowest BCUT2D eigenvalue weighted by molar-refractivity contribution is -0.112. The monoisotopic (exact) mass is 554 g/mol. The molecule has 0 aliphatic carbocycles. The van der Waals surface area contributed by atoms with Crippen LogP contribution in [0.5, 0.6) is 5.75 Å². The van der Waals surface area contributed by atoms with Crippen LogP contribution in [0.3, 0.4) is 0 Å². The smallest absolute Gasteiger partial charge is 0.344 e. The second-order valence-corrected chi connectivity index (χ2v) is 8.62. The van der Waals surface area contributed by atoms with E-state index in [4.69, 9.17) is 9.47 Å². The number of halogens is 1. The highest BCUT2D eigenvalue weighted by Gasteiger charge is 2.17. The minimum atomic E-state index is -0.693. The molecule has 0 bridgehead atoms. The first-order chi connectivity index (χ1) is 17.9. The summed E-state index contributed by atoms with van der Waals surface area (Å²) in [5.41, 5.74) is 1.15. The summed E-state index contributed by atoms with van der Waals surface area (Å²) < 4.78 is 10.8. The molecule has 0 atom stereocenters. The maximum atomic E-state index is 12.9. The van der Waals surface area contributed by atoms with Crippen molar-refractivity contribution >= 4 is 56.3 Å². The van der Waals surface area contributed by atoms with Crippen LogP contribution in [0.2, 0.25) is 0 Å². The number of nitriles is 1. The van der Waals surface area contributed by atoms with Gasteiger partial charge in [-0.3, -0.25) is 4.79 Å². The first-order valence-electron chi connectivity index (χ1n) is 11.0. The fourth-order valence-corrected chi connectivity index (χ4v) is 4.11. The van der Waals surface area contributed by atoms with Crippen LogP contribution in [0.1, 0.15) is 26.3 Å². The third-order valence-electron chi connectivity index (χ3n) is 5.42. The predicted octanol–water partition coefficient (Wildman–Crippen LogP) is 6.15. The van der Waals surface area contributed by atoms with Gasteiger partial charge in [0, 0.05) is 0 Å². The molecule has 0 fully saturated rings. The van der Waals surface area contributed by atoms with E-state index in [-0.39, 0.29) is 22.6 Å². The van der Waals surface area contributed by atoms with Crippen LogP contribution in [0, 0.1) is 11.3 Å². The molecule has 0 aromatic heterocycles. The molecule has 0 unspecified atom stereocenters. The van der Waals surface area contributed by atoms with Gasteiger partial charge < -0.3 is 14.8 Å². The van der Waals surface area contributed by atoms with E-state index in [0.717, 1.165) is 10.8 Å². The van der Waals surface area contributed by atoms with Gasteiger partial charge in [-0.1, -0.05) is 54.6 Å². The van der Waals surface area contributed by atoms with Crippen LogP contribution in [-0.4, -0.2) is 25.0 Å². The summed E-state index contributed by atoms with van der Waals surface area (Å²) in [4.78, 5) is 37.6. The maximum absolute atomic E-state index is 12.9. The lowest BCUT2D eigenvalue weighted by Gasteiger charge is -2.10. The van der Waals surface area contributed by atoms with E-state index in [9.17, 15) is 19.6 Å². The van der Waals surface area contributed by atoms with Gasteiger partial charge in [0.2, 0.25) is 0 Å². The molecule has 8 heteroatoms. The number of esters is 2. The molecule has 1 N–H and O–H groups in total. The summed E-state index contributed by atoms with van der Waals surface area (Å²) in [5.74, 6) is -1.54. The maximum Gasteiger partial charge on any atom is 0.344 e. The van der Waals surface area contributed by atoms with E-state index in [1.165, 1.54) is 25.3 Å². The average Bonchev–Trinajstić information content (AvgIpc) is 2.92. The molecular formula is C29H19BrN2O5. The second-order valence-electron chi connectivity index (χ2n) is 7.77. The van der Waals surface area contributed by atoms with Gasteiger partial charge in [0.1, 0.15) is 17.4 Å². The van der Waals surface area contributed by atoms with Gasteiger partial charge in [0.05, 0.1) is 28.4 Å². The Bertz CT molecular complexity index is 1600. The van der Waals surface area contributed by atoms with E-state index in [0.29, 0.717) is 15.6 Å². The number of hydrogen-bond acceptors (Lipinski definition) is 6. The molecule has 1 amide bonds. The van der Waals surface area contributed by atoms with Gasteiger partial charge in [-0.25, -0.2) is 9.59 Å². The molecule has 0 heterocycles. The van der Waals surface area contributed by atoms with Gasteiger partial charge in [-0.05, 0) is 68.7 Å². The Kier molecular flexibility index (Phi) is 7.77. The third-order valence-corrected chi connectivity index (χ3v) is 6.04. The van der Waals surface area contributed by atoms with E-state index in [1.54, 1.807) is 42.5 Å². The van der Waals surface area contributed by atoms with Gasteiger partial charge in [0.15, 0.2) is 0 Å². The van der Waals surface area contributed by atoms with Crippen molar-refractivity contribution in [2.24, 2.45) is 0 Å². The number of anilines is 1. The zero-order valence-electron chi connectivity index (χ0n) is 19.5. The lowest BCUT2D eigenvalue weighted by Crippen LogP contribution is -2.16. The van der Waals surface area contributed by atoms with Crippen LogP contribution in [0.4, 0.5) is 5.69 Å². The molecule has 0 aliphatic rings. The number of carbonyl (C=O) groups is 3. The molecule has 4 rings (SSSR count). The minimum absolute atomic E-state index is 0.163. The van der Waals surface area contributed by atoms with Crippen LogP contribution in [-0.2, 0) is 9.53 Å². The number of rotatable bonds is 6. The first-order valence-corrected chi connectivity index (χ1v) is 11.8. The van der Waals surface area contributed by atoms with E-state index >= 15 is 0 Å². The zero-order valence-corrected chi connectivity index (χ0v) is 21.1. The molecule has 0 radical (unpaired) electrons. The van der Waals surface area contributed by atoms with Crippen molar-refractivity contribution in [1.82, 2.24) is 0 Å². The second kappa shape index (κ2) is 11.3. The van der Waals surface area contributed by atoms with Crippen molar-refractivity contribution < 1.29 is 23.9 Å². The average molecular weight is 555 g/mol. The quantitative estimate of drug-likeness (QED) is 0.132. The number of carbonyl (C=O) groups excluding carboxylic acids is 3. The number of methoxy groups -OCH3 is 1. The lowest BCUT2D eigenvalue weighted by atomic mass is 10.0. The SMILES string of the molecule is COC(=O)c1ccccc1NC(=O)/C(C#N)=C\c1ccc(OC(=O)c2cccc3ccccc23)c(Br)c1. The minimum Gasteiger partial charge on any atom is -0.465 e. The Morgan fingerprint density at radius 1 is 0.892 bits per heavy atom. The van der Waals surface area contributed by atoms with Crippen molar-refractivity contribution in [3.05, 3.63) is 112 Å². The van der Waals surface area contributed by atoms with Gasteiger partial charge in [-0.15, -0.1) is 0 Å². The highest BCUT2D eigenvalue weighted by atomic mass is 79.9. The Balaban J connectivity index is 1.53. The van der Waals surface area contributed by atoms with Gasteiger partial charge in [-0.2, -0.15) is 5.26 Å². The Morgan fingerprint density at radius 2 is 1.59 bits per heavy atom. The Hall–Kier alpha value is -4.74. The molecule has 37 heavy (non-hydrogen) atoms. The molecule has 0 saturated heterocycles. The number of benzene rings is 4. The largest absolute Gasteiger partial charge is 0.465 e. The van der Waals surface area contributed by atoms with Crippen molar-refractivity contribution in [2.75, 3.05) is 12.4 Å². The summed E-state index contributed by atoms with van der Waals surface area (Å²) in [6, 6.07) is 25.9. The number of ether oxygens (including phenoxy) is 2. The van der Waals surface area contributed by atoms with Gasteiger partial charge in [0.25, 0.3) is 5.91 Å². The first kappa shape index (κ1) is 25.4. The normalized spacial score (nSPS) is 10.9. The van der Waals surface area contributed by atoms with E-state index in [2.05, 4.69) is 21.2 Å². The van der Waals surface area contributed by atoms with Gasteiger partial charge >= 0.3 is 11.9 Å². The highest BCUT2D eigenvalue weighted by molar-refractivity contribution is 9.10. The summed E-state index contributed by atoms with van der Waals surface area (Å²) in [7, 11) is 1.24. The molecule has 4 aromatic rings.